The highest BCUT2D eigenvalue weighted by Gasteiger charge is 2.52. The highest BCUT2D eigenvalue weighted by molar-refractivity contribution is 6.16. The van der Waals surface area contributed by atoms with Gasteiger partial charge < -0.3 is 5.73 Å². The molecule has 2 N–H and O–H groups in total. The van der Waals surface area contributed by atoms with Crippen molar-refractivity contribution in [2.45, 2.75) is 132 Å². The van der Waals surface area contributed by atoms with Gasteiger partial charge in [-0.2, -0.15) is 0 Å². The summed E-state index contributed by atoms with van der Waals surface area (Å²) in [7, 11) is 0. The average molecular weight is 534 g/mol. The first kappa shape index (κ1) is 26.5. The van der Waals surface area contributed by atoms with Gasteiger partial charge in [0.2, 0.25) is 0 Å². The molecule has 0 heterocycles. The summed E-state index contributed by atoms with van der Waals surface area (Å²) in [5, 5.41) is 0. The molecular weight excluding hydrogens is 482 g/mol. The summed E-state index contributed by atoms with van der Waals surface area (Å²) in [4.78, 5) is 27.9. The highest BCUT2D eigenvalue weighted by Crippen LogP contribution is 2.58. The molecule has 0 aromatic heterocycles. The lowest BCUT2D eigenvalue weighted by molar-refractivity contribution is -0.122. The number of carbonyl (C=O) groups excluding carboxylic acids is 2. The van der Waals surface area contributed by atoms with E-state index in [1.807, 2.05) is 0 Å². The van der Waals surface area contributed by atoms with E-state index in [0.717, 1.165) is 53.3 Å². The molecule has 12 aliphatic carbocycles. The normalized spacial score (nSPS) is 53.0. The number of hydrogen-bond acceptors (Lipinski definition) is 5. The molecule has 0 aliphatic heterocycles. The molecule has 0 atom stereocenters. The smallest absolute Gasteiger partial charge is 0.182 e. The fraction of sp³-hybridized carbons (Fsp3) is 0.882. The summed E-state index contributed by atoms with van der Waals surface area (Å²) in [6, 6.07) is 0. The quantitative estimate of drug-likeness (QED) is 0.259. The van der Waals surface area contributed by atoms with Gasteiger partial charge in [0.15, 0.2) is 12.6 Å². The molecule has 12 rings (SSSR count). The van der Waals surface area contributed by atoms with Crippen LogP contribution in [0.4, 0.5) is 0 Å². The van der Waals surface area contributed by atoms with E-state index in [0.29, 0.717) is 16.6 Å². The van der Waals surface area contributed by atoms with E-state index in [1.165, 1.54) is 116 Å². The minimum atomic E-state index is 0.194. The van der Waals surface area contributed by atoms with Gasteiger partial charge in [-0.25, -0.2) is 0 Å². The minimum absolute atomic E-state index is 0.194. The van der Waals surface area contributed by atoms with Gasteiger partial charge in [-0.1, -0.05) is 0 Å². The topological polar surface area (TPSA) is 84.9 Å². The molecular formula is C34H51N3O2. The predicted octanol–water partition coefficient (Wildman–Crippen LogP) is 6.36. The maximum absolute atomic E-state index is 8.81. The molecule has 5 nitrogen and oxygen atoms in total. The van der Waals surface area contributed by atoms with Crippen molar-refractivity contribution in [1.29, 1.82) is 0 Å². The lowest BCUT2D eigenvalue weighted by atomic mass is 9.53. The van der Waals surface area contributed by atoms with Crippen LogP contribution in [0.3, 0.4) is 0 Å². The molecule has 0 spiro atoms. The molecule has 12 bridgehead atoms. The summed E-state index contributed by atoms with van der Waals surface area (Å²) in [6.45, 7) is 0. The lowest BCUT2D eigenvalue weighted by Gasteiger charge is -2.55. The van der Waals surface area contributed by atoms with Crippen molar-refractivity contribution in [3.05, 3.63) is 0 Å². The molecule has 0 aromatic carbocycles. The Hall–Kier alpha value is -1.36. The standard InChI is InChI=1S/C22H32N2.C10H17N.C2H2O2/c1(23-21-9-15-3-16(10-21)5-17(4-15)11-21)2-24-22-12-18-6-19(13-22)8-20(7-18)14-22;11-10-4-7-1-8(5-10)3-9(2-7)6-10;3-1-2-4/h1-2,15-20H,3-14H2;7-9H,1-6,11H2;1-2H. The summed E-state index contributed by atoms with van der Waals surface area (Å²) in [6.07, 6.45) is 30.5. The predicted molar refractivity (Wildman–Crippen MR) is 156 cm³/mol. The Morgan fingerprint density at radius 2 is 0.667 bits per heavy atom. The largest absolute Gasteiger partial charge is 0.325 e. The van der Waals surface area contributed by atoms with Gasteiger partial charge in [0.25, 0.3) is 0 Å². The third kappa shape index (κ3) is 5.47. The molecule has 12 fully saturated rings. The fourth-order valence-electron chi connectivity index (χ4n) is 13.0. The van der Waals surface area contributed by atoms with Gasteiger partial charge in [-0.3, -0.25) is 19.6 Å². The van der Waals surface area contributed by atoms with Gasteiger partial charge >= 0.3 is 0 Å². The molecule has 12 aliphatic rings. The van der Waals surface area contributed by atoms with Crippen LogP contribution in [-0.2, 0) is 9.59 Å². The van der Waals surface area contributed by atoms with Crippen LogP contribution < -0.4 is 5.73 Å². The van der Waals surface area contributed by atoms with Gasteiger partial charge in [0.1, 0.15) is 0 Å². The number of aldehydes is 2. The Morgan fingerprint density at radius 3 is 0.872 bits per heavy atom. The van der Waals surface area contributed by atoms with Crippen LogP contribution in [0.15, 0.2) is 9.98 Å². The van der Waals surface area contributed by atoms with Crippen LogP contribution in [0, 0.1) is 53.3 Å². The van der Waals surface area contributed by atoms with Crippen molar-refractivity contribution in [1.82, 2.24) is 0 Å². The van der Waals surface area contributed by atoms with E-state index in [2.05, 4.69) is 12.4 Å². The maximum Gasteiger partial charge on any atom is 0.182 e. The first-order valence-corrected chi connectivity index (χ1v) is 16.6. The summed E-state index contributed by atoms with van der Waals surface area (Å²) >= 11 is 0. The third-order valence-electron chi connectivity index (χ3n) is 12.9. The monoisotopic (exact) mass is 533 g/mol. The number of carbonyl (C=O) groups is 2. The second kappa shape index (κ2) is 10.2. The number of aliphatic imine (C=N–C) groups is 2. The van der Waals surface area contributed by atoms with E-state index in [4.69, 9.17) is 25.3 Å². The van der Waals surface area contributed by atoms with E-state index in [-0.39, 0.29) is 12.6 Å². The molecule has 39 heavy (non-hydrogen) atoms. The van der Waals surface area contributed by atoms with Gasteiger partial charge in [-0.05, 0) is 169 Å². The first-order valence-electron chi connectivity index (χ1n) is 16.6. The zero-order valence-corrected chi connectivity index (χ0v) is 24.0. The average Bonchev–Trinajstić information content (AvgIpc) is 2.84. The van der Waals surface area contributed by atoms with Crippen molar-refractivity contribution < 1.29 is 9.59 Å². The summed E-state index contributed by atoms with van der Waals surface area (Å²) in [5.74, 6) is 9.02. The van der Waals surface area contributed by atoms with Crippen molar-refractivity contribution in [3.63, 3.8) is 0 Å². The molecule has 12 saturated carbocycles. The number of rotatable bonds is 4. The van der Waals surface area contributed by atoms with E-state index >= 15 is 0 Å². The molecule has 0 amide bonds. The summed E-state index contributed by atoms with van der Waals surface area (Å²) < 4.78 is 0. The highest BCUT2D eigenvalue weighted by atomic mass is 16.2. The Bertz CT molecular complexity index is 835. The van der Waals surface area contributed by atoms with Gasteiger partial charge in [0.05, 0.1) is 11.1 Å². The number of hydrogen-bond donors (Lipinski definition) is 1. The van der Waals surface area contributed by atoms with Crippen molar-refractivity contribution in [3.8, 4) is 0 Å². The second-order valence-electron chi connectivity index (χ2n) is 16.4. The Balaban J connectivity index is 0.000000140. The van der Waals surface area contributed by atoms with Gasteiger partial charge in [-0.15, -0.1) is 0 Å². The van der Waals surface area contributed by atoms with Crippen LogP contribution in [0.1, 0.15) is 116 Å². The zero-order chi connectivity index (χ0) is 26.7. The van der Waals surface area contributed by atoms with Crippen LogP contribution in [-0.4, -0.2) is 41.6 Å². The van der Waals surface area contributed by atoms with Crippen molar-refractivity contribution >= 4 is 25.0 Å². The van der Waals surface area contributed by atoms with Crippen molar-refractivity contribution in [2.75, 3.05) is 0 Å². The van der Waals surface area contributed by atoms with Crippen LogP contribution in [0.5, 0.6) is 0 Å². The van der Waals surface area contributed by atoms with E-state index in [1.54, 1.807) is 0 Å². The van der Waals surface area contributed by atoms with Crippen LogP contribution in [0.25, 0.3) is 0 Å². The number of nitrogens with two attached hydrogens (primary N) is 1. The second-order valence-corrected chi connectivity index (χ2v) is 16.4. The van der Waals surface area contributed by atoms with Crippen molar-refractivity contribution in [2.24, 2.45) is 69.0 Å². The van der Waals surface area contributed by atoms with E-state index < -0.39 is 0 Å². The molecule has 0 unspecified atom stereocenters. The Morgan fingerprint density at radius 1 is 0.436 bits per heavy atom. The number of nitrogens with zero attached hydrogens (tertiary/aromatic N) is 2. The van der Waals surface area contributed by atoms with E-state index in [9.17, 15) is 0 Å². The Labute approximate surface area is 235 Å². The Kier molecular flexibility index (Phi) is 6.92. The van der Waals surface area contributed by atoms with Gasteiger partial charge in [0, 0.05) is 18.0 Å². The molecule has 214 valence electrons. The summed E-state index contributed by atoms with van der Waals surface area (Å²) in [5.41, 5.74) is 7.26. The van der Waals surface area contributed by atoms with Crippen LogP contribution in [0.2, 0.25) is 0 Å². The zero-order valence-electron chi connectivity index (χ0n) is 24.0. The molecule has 0 aromatic rings. The molecule has 0 saturated heterocycles. The molecule has 5 heteroatoms. The maximum atomic E-state index is 8.81. The van der Waals surface area contributed by atoms with Crippen LogP contribution >= 0.6 is 0 Å². The third-order valence-corrected chi connectivity index (χ3v) is 12.9. The molecule has 0 radical (unpaired) electrons. The first-order chi connectivity index (χ1) is 18.8. The minimum Gasteiger partial charge on any atom is -0.325 e. The fourth-order valence-corrected chi connectivity index (χ4v) is 13.0. The SMILES string of the molecule is C(C=NC12CC3CC(CC(C3)C1)C2)=NC12CC3CC(CC(C3)C1)C2.NC12CC3CC(CC(C3)C1)C2.O=CC=O. The lowest BCUT2D eigenvalue weighted by Crippen LogP contribution is -2.55.